The third-order valence-corrected chi connectivity index (χ3v) is 8.94. The molecule has 3 aliphatic rings. The fourth-order valence-corrected chi connectivity index (χ4v) is 6.77. The topological polar surface area (TPSA) is 55.1 Å². The van der Waals surface area contributed by atoms with Crippen LogP contribution < -0.4 is 4.90 Å². The highest BCUT2D eigenvalue weighted by Crippen LogP contribution is 2.56. The van der Waals surface area contributed by atoms with E-state index in [1.165, 1.54) is 12.1 Å². The number of piperidine rings is 1. The molecule has 0 bridgehead atoms. The standard InChI is InChI=1S/C28H25F3N4OS/c1-16-6-9-21-25(32-16)37-26(33-21)35-12-10-27(11-13-35)14-18(15-27)22-23(34-36-24(22)17-7-8-17)19-4-2-3-5-20(19)28(29,30)31/h2-6,9,14,17H,7-8,10-13,15H2,1H3. The summed E-state index contributed by atoms with van der Waals surface area (Å²) in [5, 5.41) is 5.21. The summed E-state index contributed by atoms with van der Waals surface area (Å²) in [6, 6.07) is 9.68. The molecule has 37 heavy (non-hydrogen) atoms. The lowest BCUT2D eigenvalue weighted by atomic mass is 9.63. The quantitative estimate of drug-likeness (QED) is 0.276. The summed E-state index contributed by atoms with van der Waals surface area (Å²) in [7, 11) is 0. The van der Waals surface area contributed by atoms with Crippen molar-refractivity contribution in [1.29, 1.82) is 0 Å². The first-order valence-corrected chi connectivity index (χ1v) is 13.5. The van der Waals surface area contributed by atoms with Gasteiger partial charge in [-0.1, -0.05) is 40.8 Å². The number of fused-ring (bicyclic) bond motifs is 1. The molecule has 3 aromatic heterocycles. The average Bonchev–Trinajstić information content (AvgIpc) is 3.47. The van der Waals surface area contributed by atoms with E-state index < -0.39 is 11.7 Å². The van der Waals surface area contributed by atoms with E-state index in [1.54, 1.807) is 17.4 Å². The SMILES string of the molecule is Cc1ccc2nc(N3CCC4(C=C(c5c(-c6ccccc6C(F)(F)F)noc5C5CC5)C4)CC3)sc2n1. The molecule has 0 N–H and O–H groups in total. The van der Waals surface area contributed by atoms with Crippen molar-refractivity contribution in [3.63, 3.8) is 0 Å². The molecule has 4 aromatic rings. The number of allylic oxidation sites excluding steroid dienone is 2. The third kappa shape index (κ3) is 3.95. The van der Waals surface area contributed by atoms with Crippen LogP contribution in [0.2, 0.25) is 0 Å². The first-order valence-electron chi connectivity index (χ1n) is 12.7. The van der Waals surface area contributed by atoms with E-state index >= 15 is 0 Å². The summed E-state index contributed by atoms with van der Waals surface area (Å²) in [6.45, 7) is 3.78. The molecule has 7 rings (SSSR count). The lowest BCUT2D eigenvalue weighted by molar-refractivity contribution is -0.137. The summed E-state index contributed by atoms with van der Waals surface area (Å²) < 4.78 is 47.1. The van der Waals surface area contributed by atoms with Gasteiger partial charge in [0.1, 0.15) is 21.8 Å². The maximum absolute atomic E-state index is 13.8. The van der Waals surface area contributed by atoms with E-state index in [9.17, 15) is 13.2 Å². The highest BCUT2D eigenvalue weighted by molar-refractivity contribution is 7.21. The average molecular weight is 523 g/mol. The van der Waals surface area contributed by atoms with Gasteiger partial charge >= 0.3 is 6.18 Å². The molecule has 2 fully saturated rings. The van der Waals surface area contributed by atoms with E-state index in [-0.39, 0.29) is 16.9 Å². The molecule has 0 unspecified atom stereocenters. The zero-order valence-corrected chi connectivity index (χ0v) is 21.1. The van der Waals surface area contributed by atoms with Crippen LogP contribution in [0.1, 0.15) is 60.6 Å². The molecular weight excluding hydrogens is 497 g/mol. The number of nitrogens with zero attached hydrogens (tertiary/aromatic N) is 4. The molecule has 1 saturated heterocycles. The molecule has 0 atom stereocenters. The van der Waals surface area contributed by atoms with E-state index in [0.717, 1.165) is 89.3 Å². The van der Waals surface area contributed by atoms with Gasteiger partial charge in [-0.2, -0.15) is 13.2 Å². The van der Waals surface area contributed by atoms with Gasteiger partial charge in [-0.05, 0) is 68.2 Å². The van der Waals surface area contributed by atoms with Crippen molar-refractivity contribution < 1.29 is 17.7 Å². The van der Waals surface area contributed by atoms with Gasteiger partial charge in [0, 0.05) is 35.8 Å². The zero-order chi connectivity index (χ0) is 25.4. The Kier molecular flexibility index (Phi) is 5.06. The number of alkyl halides is 3. The summed E-state index contributed by atoms with van der Waals surface area (Å²) in [6.07, 6.45) is 2.62. The number of aromatic nitrogens is 3. The maximum Gasteiger partial charge on any atom is 0.417 e. The van der Waals surface area contributed by atoms with Gasteiger partial charge in [0.2, 0.25) is 0 Å². The Balaban J connectivity index is 1.16. The Labute approximate surface area is 216 Å². The Morgan fingerprint density at radius 1 is 1.05 bits per heavy atom. The number of thiazole rings is 1. The molecule has 0 amide bonds. The summed E-state index contributed by atoms with van der Waals surface area (Å²) in [4.78, 5) is 12.7. The fourth-order valence-electron chi connectivity index (χ4n) is 5.74. The van der Waals surface area contributed by atoms with Crippen LogP contribution in [0.3, 0.4) is 0 Å². The highest BCUT2D eigenvalue weighted by atomic mass is 32.1. The van der Waals surface area contributed by atoms with Crippen LogP contribution in [-0.2, 0) is 6.18 Å². The Bertz CT molecular complexity index is 1540. The van der Waals surface area contributed by atoms with Gasteiger partial charge in [-0.3, -0.25) is 0 Å². The van der Waals surface area contributed by atoms with Gasteiger partial charge in [0.05, 0.1) is 5.56 Å². The molecule has 1 spiro atoms. The molecule has 0 radical (unpaired) electrons. The van der Waals surface area contributed by atoms with Crippen LogP contribution in [0.15, 0.2) is 47.0 Å². The number of hydrogen-bond donors (Lipinski definition) is 0. The van der Waals surface area contributed by atoms with Crippen molar-refractivity contribution in [2.45, 2.75) is 51.1 Å². The number of halogens is 3. The molecule has 1 aromatic carbocycles. The van der Waals surface area contributed by atoms with Crippen LogP contribution in [-0.4, -0.2) is 28.2 Å². The van der Waals surface area contributed by atoms with Crippen molar-refractivity contribution in [2.75, 3.05) is 18.0 Å². The normalized spacial score (nSPS) is 19.4. The molecule has 1 aliphatic heterocycles. The second-order valence-corrected chi connectivity index (χ2v) is 11.5. The van der Waals surface area contributed by atoms with Gasteiger partial charge in [0.15, 0.2) is 5.13 Å². The number of anilines is 1. The minimum Gasteiger partial charge on any atom is -0.360 e. The lowest BCUT2D eigenvalue weighted by Gasteiger charge is -2.46. The van der Waals surface area contributed by atoms with E-state index in [0.29, 0.717) is 5.69 Å². The second kappa shape index (κ2) is 8.15. The highest BCUT2D eigenvalue weighted by Gasteiger charge is 2.45. The first kappa shape index (κ1) is 23.0. The minimum absolute atomic E-state index is 0.0657. The zero-order valence-electron chi connectivity index (χ0n) is 20.3. The predicted molar refractivity (Wildman–Crippen MR) is 138 cm³/mol. The molecule has 1 saturated carbocycles. The largest absolute Gasteiger partial charge is 0.417 e. The third-order valence-electron chi connectivity index (χ3n) is 7.91. The molecule has 9 heteroatoms. The van der Waals surface area contributed by atoms with E-state index in [1.807, 2.05) is 19.1 Å². The van der Waals surface area contributed by atoms with Crippen LogP contribution >= 0.6 is 11.3 Å². The van der Waals surface area contributed by atoms with Crippen molar-refractivity contribution in [2.24, 2.45) is 5.41 Å². The molecule has 2 aliphatic carbocycles. The van der Waals surface area contributed by atoms with Crippen molar-refractivity contribution in [3.05, 3.63) is 65.1 Å². The Hall–Kier alpha value is -3.20. The van der Waals surface area contributed by atoms with Crippen molar-refractivity contribution in [3.8, 4) is 11.3 Å². The number of hydrogen-bond acceptors (Lipinski definition) is 6. The number of pyridine rings is 1. The molecule has 5 nitrogen and oxygen atoms in total. The predicted octanol–water partition coefficient (Wildman–Crippen LogP) is 7.62. The van der Waals surface area contributed by atoms with Gasteiger partial charge < -0.3 is 9.42 Å². The fraction of sp³-hybridized carbons (Fsp3) is 0.393. The molecular formula is C28H25F3N4OS. The summed E-state index contributed by atoms with van der Waals surface area (Å²) in [5.74, 6) is 1.01. The lowest BCUT2D eigenvalue weighted by Crippen LogP contribution is -2.42. The summed E-state index contributed by atoms with van der Waals surface area (Å²) >= 11 is 1.63. The van der Waals surface area contributed by atoms with Crippen molar-refractivity contribution >= 4 is 32.4 Å². The molecule has 190 valence electrons. The van der Waals surface area contributed by atoms with Crippen LogP contribution in [0, 0.1) is 12.3 Å². The van der Waals surface area contributed by atoms with Crippen LogP contribution in [0.4, 0.5) is 18.3 Å². The number of benzene rings is 1. The van der Waals surface area contributed by atoms with Crippen LogP contribution in [0.25, 0.3) is 27.2 Å². The van der Waals surface area contributed by atoms with Crippen molar-refractivity contribution in [1.82, 2.24) is 15.1 Å². The van der Waals surface area contributed by atoms with Gasteiger partial charge in [-0.15, -0.1) is 0 Å². The van der Waals surface area contributed by atoms with E-state index in [2.05, 4.69) is 21.1 Å². The van der Waals surface area contributed by atoms with E-state index in [4.69, 9.17) is 9.51 Å². The first-order chi connectivity index (χ1) is 17.8. The van der Waals surface area contributed by atoms with Gasteiger partial charge in [0.25, 0.3) is 0 Å². The van der Waals surface area contributed by atoms with Crippen LogP contribution in [0.5, 0.6) is 0 Å². The van der Waals surface area contributed by atoms with Gasteiger partial charge in [-0.25, -0.2) is 9.97 Å². The Morgan fingerprint density at radius 3 is 2.54 bits per heavy atom. The smallest absolute Gasteiger partial charge is 0.360 e. The summed E-state index contributed by atoms with van der Waals surface area (Å²) in [5.41, 5.74) is 3.60. The number of aryl methyl sites for hydroxylation is 1. The second-order valence-electron chi connectivity index (χ2n) is 10.6. The molecule has 4 heterocycles. The maximum atomic E-state index is 13.8. The minimum atomic E-state index is -4.45. The Morgan fingerprint density at radius 2 is 1.81 bits per heavy atom. The number of rotatable bonds is 4. The monoisotopic (exact) mass is 522 g/mol.